The van der Waals surface area contributed by atoms with Gasteiger partial charge in [0.15, 0.2) is 0 Å². The highest BCUT2D eigenvalue weighted by Gasteiger charge is 2.21. The second-order valence-corrected chi connectivity index (χ2v) is 4.62. The van der Waals surface area contributed by atoms with E-state index in [0.717, 1.165) is 18.5 Å². The van der Waals surface area contributed by atoms with Crippen LogP contribution in [0, 0.1) is 6.92 Å². The van der Waals surface area contributed by atoms with Crippen LogP contribution in [-0.4, -0.2) is 29.5 Å². The lowest BCUT2D eigenvalue weighted by Crippen LogP contribution is -2.38. The fourth-order valence-corrected chi connectivity index (χ4v) is 2.33. The van der Waals surface area contributed by atoms with E-state index in [9.17, 15) is 0 Å². The number of nitrogens with two attached hydrogens (primary N) is 1. The van der Waals surface area contributed by atoms with Gasteiger partial charge < -0.3 is 5.73 Å². The number of hydrogen-bond donors (Lipinski definition) is 1. The fourth-order valence-electron chi connectivity index (χ4n) is 2.33. The summed E-state index contributed by atoms with van der Waals surface area (Å²) in [6, 6.07) is 5.05. The van der Waals surface area contributed by atoms with E-state index in [4.69, 9.17) is 5.73 Å². The number of aryl methyl sites for hydroxylation is 1. The van der Waals surface area contributed by atoms with Gasteiger partial charge in [-0.15, -0.1) is 0 Å². The van der Waals surface area contributed by atoms with Crippen LogP contribution in [0.4, 0.5) is 0 Å². The van der Waals surface area contributed by atoms with Crippen LogP contribution in [0.25, 0.3) is 0 Å². The zero-order valence-corrected chi connectivity index (χ0v) is 11.5. The predicted molar refractivity (Wildman–Crippen MR) is 72.9 cm³/mol. The molecule has 0 bridgehead atoms. The Morgan fingerprint density at radius 3 is 2.35 bits per heavy atom. The van der Waals surface area contributed by atoms with Crippen molar-refractivity contribution in [2.45, 2.75) is 45.7 Å². The molecule has 0 aromatic carbocycles. The Morgan fingerprint density at radius 1 is 1.29 bits per heavy atom. The van der Waals surface area contributed by atoms with Crippen LogP contribution in [0.3, 0.4) is 0 Å². The van der Waals surface area contributed by atoms with Gasteiger partial charge in [-0.05, 0) is 38.4 Å². The standard InChI is InChI=1S/C14H25N3/c1-5-13(6-2)17(4)14(9-15)12-8-7-11(3)16-10-12/h7-8,10,13-14H,5-6,9,15H2,1-4H3. The van der Waals surface area contributed by atoms with Gasteiger partial charge in [-0.25, -0.2) is 0 Å². The monoisotopic (exact) mass is 235 g/mol. The van der Waals surface area contributed by atoms with Gasteiger partial charge in [0, 0.05) is 30.5 Å². The summed E-state index contributed by atoms with van der Waals surface area (Å²) in [5.74, 6) is 0. The summed E-state index contributed by atoms with van der Waals surface area (Å²) in [6.45, 7) is 7.10. The molecule has 17 heavy (non-hydrogen) atoms. The number of rotatable bonds is 6. The second kappa shape index (κ2) is 6.72. The first-order chi connectivity index (χ1) is 8.13. The first-order valence-corrected chi connectivity index (χ1v) is 6.48. The van der Waals surface area contributed by atoms with E-state index in [2.05, 4.69) is 42.9 Å². The molecule has 3 heteroatoms. The molecule has 0 aliphatic rings. The van der Waals surface area contributed by atoms with Crippen LogP contribution in [0.5, 0.6) is 0 Å². The molecule has 0 saturated carbocycles. The molecule has 0 fully saturated rings. The van der Waals surface area contributed by atoms with E-state index >= 15 is 0 Å². The Hall–Kier alpha value is -0.930. The average Bonchev–Trinajstić information content (AvgIpc) is 2.34. The molecule has 0 spiro atoms. The summed E-state index contributed by atoms with van der Waals surface area (Å²) < 4.78 is 0. The Morgan fingerprint density at radius 2 is 1.94 bits per heavy atom. The molecule has 2 N–H and O–H groups in total. The smallest absolute Gasteiger partial charge is 0.0485 e. The van der Waals surface area contributed by atoms with Crippen molar-refractivity contribution in [3.63, 3.8) is 0 Å². The number of aromatic nitrogens is 1. The largest absolute Gasteiger partial charge is 0.329 e. The molecule has 1 aromatic rings. The van der Waals surface area contributed by atoms with Crippen LogP contribution >= 0.6 is 0 Å². The molecule has 0 radical (unpaired) electrons. The van der Waals surface area contributed by atoms with Gasteiger partial charge in [0.25, 0.3) is 0 Å². The molecule has 1 atom stereocenters. The quantitative estimate of drug-likeness (QED) is 0.824. The molecule has 1 unspecified atom stereocenters. The Kier molecular flexibility index (Phi) is 5.59. The minimum Gasteiger partial charge on any atom is -0.329 e. The van der Waals surface area contributed by atoms with Gasteiger partial charge in [0.1, 0.15) is 0 Å². The van der Waals surface area contributed by atoms with Crippen LogP contribution in [-0.2, 0) is 0 Å². The Labute approximate surface area is 105 Å². The third kappa shape index (κ3) is 3.51. The Bertz CT molecular complexity index is 317. The first-order valence-electron chi connectivity index (χ1n) is 6.48. The van der Waals surface area contributed by atoms with Crippen LogP contribution < -0.4 is 5.73 Å². The molecule has 0 aliphatic carbocycles. The third-order valence-corrected chi connectivity index (χ3v) is 3.55. The summed E-state index contributed by atoms with van der Waals surface area (Å²) in [5, 5.41) is 0. The van der Waals surface area contributed by atoms with Crippen molar-refractivity contribution in [1.82, 2.24) is 9.88 Å². The van der Waals surface area contributed by atoms with Gasteiger partial charge >= 0.3 is 0 Å². The lowest BCUT2D eigenvalue weighted by Gasteiger charge is -2.33. The third-order valence-electron chi connectivity index (χ3n) is 3.55. The molecule has 3 nitrogen and oxygen atoms in total. The van der Waals surface area contributed by atoms with E-state index in [0.29, 0.717) is 12.6 Å². The summed E-state index contributed by atoms with van der Waals surface area (Å²) in [4.78, 5) is 6.74. The topological polar surface area (TPSA) is 42.1 Å². The summed E-state index contributed by atoms with van der Waals surface area (Å²) >= 11 is 0. The average molecular weight is 235 g/mol. The van der Waals surface area contributed by atoms with E-state index in [1.807, 2.05) is 13.1 Å². The molecular weight excluding hydrogens is 210 g/mol. The van der Waals surface area contributed by atoms with E-state index in [-0.39, 0.29) is 6.04 Å². The van der Waals surface area contributed by atoms with E-state index in [1.165, 1.54) is 5.56 Å². The van der Waals surface area contributed by atoms with Gasteiger partial charge in [-0.3, -0.25) is 9.88 Å². The Balaban J connectivity index is 2.86. The molecule has 0 saturated heterocycles. The number of pyridine rings is 1. The first kappa shape index (κ1) is 14.1. The predicted octanol–water partition coefficient (Wildman–Crippen LogP) is 2.51. The minimum atomic E-state index is 0.271. The van der Waals surface area contributed by atoms with Crippen LogP contribution in [0.2, 0.25) is 0 Å². The molecule has 0 aliphatic heterocycles. The fraction of sp³-hybridized carbons (Fsp3) is 0.643. The molecular formula is C14H25N3. The molecule has 1 aromatic heterocycles. The number of nitrogens with zero attached hydrogens (tertiary/aromatic N) is 2. The maximum Gasteiger partial charge on any atom is 0.0485 e. The highest BCUT2D eigenvalue weighted by molar-refractivity contribution is 5.17. The van der Waals surface area contributed by atoms with Crippen molar-refractivity contribution < 1.29 is 0 Å². The summed E-state index contributed by atoms with van der Waals surface area (Å²) in [5.41, 5.74) is 8.19. The second-order valence-electron chi connectivity index (χ2n) is 4.62. The molecule has 96 valence electrons. The van der Waals surface area contributed by atoms with Crippen molar-refractivity contribution in [3.8, 4) is 0 Å². The highest BCUT2D eigenvalue weighted by atomic mass is 15.2. The number of hydrogen-bond acceptors (Lipinski definition) is 3. The van der Waals surface area contributed by atoms with Crippen molar-refractivity contribution >= 4 is 0 Å². The molecule has 1 heterocycles. The minimum absolute atomic E-state index is 0.271. The summed E-state index contributed by atoms with van der Waals surface area (Å²) in [6.07, 6.45) is 4.26. The van der Waals surface area contributed by atoms with Gasteiger partial charge in [-0.2, -0.15) is 0 Å². The zero-order chi connectivity index (χ0) is 12.8. The van der Waals surface area contributed by atoms with Gasteiger partial charge in [0.05, 0.1) is 0 Å². The van der Waals surface area contributed by atoms with E-state index < -0.39 is 0 Å². The normalized spacial score (nSPS) is 13.4. The van der Waals surface area contributed by atoms with Crippen molar-refractivity contribution in [2.24, 2.45) is 5.73 Å². The maximum atomic E-state index is 5.92. The van der Waals surface area contributed by atoms with Gasteiger partial charge in [-0.1, -0.05) is 19.9 Å². The van der Waals surface area contributed by atoms with Gasteiger partial charge in [0.2, 0.25) is 0 Å². The lowest BCUT2D eigenvalue weighted by atomic mass is 10.0. The van der Waals surface area contributed by atoms with Crippen LogP contribution in [0.15, 0.2) is 18.3 Å². The number of likely N-dealkylation sites (N-methyl/N-ethyl adjacent to an activating group) is 1. The van der Waals surface area contributed by atoms with Crippen molar-refractivity contribution in [1.29, 1.82) is 0 Å². The lowest BCUT2D eigenvalue weighted by molar-refractivity contribution is 0.167. The van der Waals surface area contributed by atoms with Crippen molar-refractivity contribution in [2.75, 3.05) is 13.6 Å². The zero-order valence-electron chi connectivity index (χ0n) is 11.5. The highest BCUT2D eigenvalue weighted by Crippen LogP contribution is 2.22. The molecule has 1 rings (SSSR count). The van der Waals surface area contributed by atoms with Crippen LogP contribution in [0.1, 0.15) is 44.0 Å². The SMILES string of the molecule is CCC(CC)N(C)C(CN)c1ccc(C)nc1. The summed E-state index contributed by atoms with van der Waals surface area (Å²) in [7, 11) is 2.16. The van der Waals surface area contributed by atoms with E-state index in [1.54, 1.807) is 0 Å². The molecule has 0 amide bonds. The maximum absolute atomic E-state index is 5.92. The van der Waals surface area contributed by atoms with Crippen molar-refractivity contribution in [3.05, 3.63) is 29.6 Å².